The summed E-state index contributed by atoms with van der Waals surface area (Å²) in [6.07, 6.45) is 4.77. The molecule has 3 amide bonds. The summed E-state index contributed by atoms with van der Waals surface area (Å²) >= 11 is 2.88. The number of β-lactam (4-membered cyclic amide) rings is 1. The van der Waals surface area contributed by atoms with Crippen LogP contribution < -0.4 is 5.32 Å². The average molecular weight is 474 g/mol. The van der Waals surface area contributed by atoms with Gasteiger partial charge in [0.15, 0.2) is 0 Å². The molecule has 1 aliphatic carbocycles. The lowest BCUT2D eigenvalue weighted by atomic mass is 10.0. The topological polar surface area (TPSA) is 107 Å². The third kappa shape index (κ3) is 3.97. The number of likely N-dealkylation sites (tertiary alicyclic amines) is 1. The van der Waals surface area contributed by atoms with Gasteiger partial charge in [0.1, 0.15) is 17.1 Å². The van der Waals surface area contributed by atoms with E-state index in [9.17, 15) is 24.3 Å². The standard InChI is InChI=1S/C22H23N3O5S2/c26-16(9-15-2-1-7-31-15)23-17-20(28)25-18(22(29)30)14(11-32-21(17)25)8-13-5-6-24(19(13)27)10-12-3-4-12/h1-2,7-8,12,17,21H,3-6,9-11H2,(H,23,26)(H,29,30)/b13-8+/t17-,21-/m1/s1. The minimum atomic E-state index is -1.20. The van der Waals surface area contributed by atoms with Gasteiger partial charge in [0.05, 0.1) is 6.42 Å². The van der Waals surface area contributed by atoms with Gasteiger partial charge in [0.25, 0.3) is 5.91 Å². The number of rotatable bonds is 7. The predicted molar refractivity (Wildman–Crippen MR) is 120 cm³/mol. The van der Waals surface area contributed by atoms with Crippen molar-refractivity contribution in [1.82, 2.24) is 15.1 Å². The first-order chi connectivity index (χ1) is 15.4. The largest absolute Gasteiger partial charge is 0.477 e. The zero-order valence-corrected chi connectivity index (χ0v) is 18.9. The Morgan fingerprint density at radius 1 is 1.28 bits per heavy atom. The summed E-state index contributed by atoms with van der Waals surface area (Å²) in [6.45, 7) is 1.43. The fraction of sp³-hybridized carbons (Fsp3) is 0.455. The van der Waals surface area contributed by atoms with Gasteiger partial charge < -0.3 is 15.3 Å². The van der Waals surface area contributed by atoms with Crippen LogP contribution in [0.15, 0.2) is 40.4 Å². The molecule has 8 nitrogen and oxygen atoms in total. The number of nitrogens with zero attached hydrogens (tertiary/aromatic N) is 2. The quantitative estimate of drug-likeness (QED) is 0.460. The molecule has 0 bridgehead atoms. The SMILES string of the molecule is O=C(Cc1cccs1)N[C@@H]1C(=O)N2C(C(=O)O)=C(/C=C3\CCN(CC4CC4)C3=O)CS[C@H]12. The van der Waals surface area contributed by atoms with E-state index in [-0.39, 0.29) is 23.9 Å². The smallest absolute Gasteiger partial charge is 0.352 e. The Morgan fingerprint density at radius 3 is 2.78 bits per heavy atom. The Labute approximate surface area is 193 Å². The molecule has 2 saturated heterocycles. The molecule has 2 N–H and O–H groups in total. The highest BCUT2D eigenvalue weighted by Gasteiger charge is 2.54. The maximum Gasteiger partial charge on any atom is 0.352 e. The van der Waals surface area contributed by atoms with Crippen LogP contribution in [0, 0.1) is 5.92 Å². The number of carbonyl (C=O) groups excluding carboxylic acids is 3. The predicted octanol–water partition coefficient (Wildman–Crippen LogP) is 1.60. The number of aliphatic carboxylic acids is 1. The molecule has 4 aliphatic rings. The Bertz CT molecular complexity index is 1040. The molecular formula is C22H23N3O5S2. The van der Waals surface area contributed by atoms with Crippen molar-refractivity contribution >= 4 is 46.8 Å². The molecule has 0 spiro atoms. The summed E-state index contributed by atoms with van der Waals surface area (Å²) in [5, 5.41) is 14.0. The van der Waals surface area contributed by atoms with E-state index in [1.54, 1.807) is 6.08 Å². The van der Waals surface area contributed by atoms with Gasteiger partial charge in [-0.3, -0.25) is 19.3 Å². The molecule has 5 rings (SSSR count). The second-order valence-corrected chi connectivity index (χ2v) is 10.6. The molecule has 1 aromatic heterocycles. The van der Waals surface area contributed by atoms with Gasteiger partial charge in [-0.1, -0.05) is 6.07 Å². The molecule has 32 heavy (non-hydrogen) atoms. The van der Waals surface area contributed by atoms with Crippen LogP contribution in [0.3, 0.4) is 0 Å². The maximum atomic E-state index is 12.8. The zero-order chi connectivity index (χ0) is 22.4. The molecule has 0 unspecified atom stereocenters. The van der Waals surface area contributed by atoms with Gasteiger partial charge in [-0.25, -0.2) is 4.79 Å². The van der Waals surface area contributed by atoms with Gasteiger partial charge >= 0.3 is 5.97 Å². The highest BCUT2D eigenvalue weighted by molar-refractivity contribution is 8.00. The van der Waals surface area contributed by atoms with Crippen LogP contribution in [0.2, 0.25) is 0 Å². The lowest BCUT2D eigenvalue weighted by Gasteiger charge is -2.49. The van der Waals surface area contributed by atoms with E-state index >= 15 is 0 Å². The van der Waals surface area contributed by atoms with Crippen LogP contribution in [0.25, 0.3) is 0 Å². The highest BCUT2D eigenvalue weighted by atomic mass is 32.2. The van der Waals surface area contributed by atoms with Crippen molar-refractivity contribution in [3.63, 3.8) is 0 Å². The van der Waals surface area contributed by atoms with Gasteiger partial charge in [0.2, 0.25) is 11.8 Å². The van der Waals surface area contributed by atoms with Gasteiger partial charge in [-0.05, 0) is 48.3 Å². The summed E-state index contributed by atoms with van der Waals surface area (Å²) in [7, 11) is 0. The fourth-order valence-electron chi connectivity index (χ4n) is 4.35. The van der Waals surface area contributed by atoms with Crippen LogP contribution in [0.5, 0.6) is 0 Å². The Morgan fingerprint density at radius 2 is 2.09 bits per heavy atom. The first-order valence-corrected chi connectivity index (χ1v) is 12.6. The molecular weight excluding hydrogens is 450 g/mol. The van der Waals surface area contributed by atoms with Gasteiger partial charge in [-0.2, -0.15) is 0 Å². The number of thioether (sulfide) groups is 1. The normalized spacial score (nSPS) is 26.4. The molecule has 1 aromatic rings. The van der Waals surface area contributed by atoms with E-state index in [1.165, 1.54) is 28.0 Å². The summed E-state index contributed by atoms with van der Waals surface area (Å²) in [6, 6.07) is 2.98. The molecule has 10 heteroatoms. The molecule has 168 valence electrons. The number of allylic oxidation sites excluding steroid dienone is 1. The molecule has 1 saturated carbocycles. The maximum absolute atomic E-state index is 12.8. The van der Waals surface area contributed by atoms with Crippen molar-refractivity contribution in [2.75, 3.05) is 18.8 Å². The van der Waals surface area contributed by atoms with Crippen molar-refractivity contribution in [2.45, 2.75) is 37.1 Å². The molecule has 0 radical (unpaired) electrons. The summed E-state index contributed by atoms with van der Waals surface area (Å²) in [5.41, 5.74) is 1.00. The number of carboxylic acid groups (broad SMARTS) is 1. The van der Waals surface area contributed by atoms with Crippen LogP contribution in [0.1, 0.15) is 24.1 Å². The van der Waals surface area contributed by atoms with Crippen molar-refractivity contribution in [3.05, 3.63) is 45.3 Å². The summed E-state index contributed by atoms with van der Waals surface area (Å²) in [4.78, 5) is 53.9. The van der Waals surface area contributed by atoms with Crippen molar-refractivity contribution < 1.29 is 24.3 Å². The molecule has 4 heterocycles. The summed E-state index contributed by atoms with van der Waals surface area (Å²) < 4.78 is 0. The number of carboxylic acids is 1. The number of carbonyl (C=O) groups is 4. The monoisotopic (exact) mass is 473 g/mol. The molecule has 3 fully saturated rings. The lowest BCUT2D eigenvalue weighted by Crippen LogP contribution is -2.70. The van der Waals surface area contributed by atoms with Crippen LogP contribution in [-0.2, 0) is 25.6 Å². The second-order valence-electron chi connectivity index (χ2n) is 8.50. The summed E-state index contributed by atoms with van der Waals surface area (Å²) in [5.74, 6) is -0.944. The van der Waals surface area contributed by atoms with Gasteiger partial charge in [0, 0.05) is 29.3 Å². The van der Waals surface area contributed by atoms with Crippen molar-refractivity contribution in [2.24, 2.45) is 5.92 Å². The third-order valence-electron chi connectivity index (χ3n) is 6.17. The number of hydrogen-bond donors (Lipinski definition) is 2. The highest BCUT2D eigenvalue weighted by Crippen LogP contribution is 2.41. The Balaban J connectivity index is 1.30. The van der Waals surface area contributed by atoms with E-state index in [1.807, 2.05) is 22.4 Å². The zero-order valence-electron chi connectivity index (χ0n) is 17.3. The average Bonchev–Trinajstić information content (AvgIpc) is 3.33. The van der Waals surface area contributed by atoms with Gasteiger partial charge in [-0.15, -0.1) is 23.1 Å². The molecule has 0 aromatic carbocycles. The van der Waals surface area contributed by atoms with Crippen LogP contribution in [-0.4, -0.2) is 68.9 Å². The van der Waals surface area contributed by atoms with E-state index < -0.39 is 23.3 Å². The molecule has 3 aliphatic heterocycles. The number of fused-ring (bicyclic) bond motifs is 1. The van der Waals surface area contributed by atoms with E-state index in [0.29, 0.717) is 35.8 Å². The minimum Gasteiger partial charge on any atom is -0.477 e. The van der Waals surface area contributed by atoms with E-state index in [2.05, 4.69) is 5.32 Å². The third-order valence-corrected chi connectivity index (χ3v) is 8.35. The van der Waals surface area contributed by atoms with Crippen LogP contribution >= 0.6 is 23.1 Å². The minimum absolute atomic E-state index is 0.0325. The Kier molecular flexibility index (Phi) is 5.58. The number of hydrogen-bond acceptors (Lipinski definition) is 6. The van der Waals surface area contributed by atoms with Crippen molar-refractivity contribution in [3.8, 4) is 0 Å². The number of amides is 3. The van der Waals surface area contributed by atoms with E-state index in [4.69, 9.17) is 0 Å². The van der Waals surface area contributed by atoms with E-state index in [0.717, 1.165) is 24.3 Å². The molecule has 2 atom stereocenters. The lowest BCUT2D eigenvalue weighted by molar-refractivity contribution is -0.150. The first kappa shape index (κ1) is 21.3. The fourth-order valence-corrected chi connectivity index (χ4v) is 6.36. The first-order valence-electron chi connectivity index (χ1n) is 10.6. The van der Waals surface area contributed by atoms with Crippen LogP contribution in [0.4, 0.5) is 0 Å². The second kappa shape index (κ2) is 8.40. The number of nitrogens with one attached hydrogen (secondary N) is 1. The van der Waals surface area contributed by atoms with Crippen molar-refractivity contribution in [1.29, 1.82) is 0 Å². The Hall–Kier alpha value is -2.59. The number of thiophene rings is 1.